The van der Waals surface area contributed by atoms with Gasteiger partial charge in [-0.3, -0.25) is 9.36 Å². The van der Waals surface area contributed by atoms with E-state index >= 15 is 0 Å². The van der Waals surface area contributed by atoms with Crippen LogP contribution in [0.5, 0.6) is 0 Å². The van der Waals surface area contributed by atoms with Crippen LogP contribution in [0.2, 0.25) is 0 Å². The SMILES string of the molecule is COC(=O)c1ccccc1N[C@H](C)c1cc(C)cc2c(=O)n(C)c(-c3ccc(F)cc3)nc12. The van der Waals surface area contributed by atoms with E-state index in [1.54, 1.807) is 37.4 Å². The maximum atomic E-state index is 13.4. The molecule has 168 valence electrons. The van der Waals surface area contributed by atoms with E-state index in [-0.39, 0.29) is 17.4 Å². The molecule has 0 bridgehead atoms. The van der Waals surface area contributed by atoms with Gasteiger partial charge in [-0.2, -0.15) is 0 Å². The summed E-state index contributed by atoms with van der Waals surface area (Å²) in [6.07, 6.45) is 0. The largest absolute Gasteiger partial charge is 0.465 e. The molecule has 1 heterocycles. The van der Waals surface area contributed by atoms with Crippen LogP contribution in [0.25, 0.3) is 22.3 Å². The molecule has 0 amide bonds. The predicted molar refractivity (Wildman–Crippen MR) is 127 cm³/mol. The minimum Gasteiger partial charge on any atom is -0.465 e. The number of methoxy groups -OCH3 is 1. The Kier molecular flexibility index (Phi) is 5.96. The van der Waals surface area contributed by atoms with E-state index in [2.05, 4.69) is 5.32 Å². The summed E-state index contributed by atoms with van der Waals surface area (Å²) < 4.78 is 19.8. The molecule has 1 aromatic heterocycles. The van der Waals surface area contributed by atoms with Crippen molar-refractivity contribution < 1.29 is 13.9 Å². The van der Waals surface area contributed by atoms with Crippen LogP contribution in [0.4, 0.5) is 10.1 Å². The molecule has 4 rings (SSSR count). The van der Waals surface area contributed by atoms with E-state index in [1.165, 1.54) is 23.8 Å². The quantitative estimate of drug-likeness (QED) is 0.437. The third-order valence-corrected chi connectivity index (χ3v) is 5.63. The Morgan fingerprint density at radius 3 is 2.52 bits per heavy atom. The number of carbonyl (C=O) groups excluding carboxylic acids is 1. The van der Waals surface area contributed by atoms with Gasteiger partial charge in [0.15, 0.2) is 0 Å². The monoisotopic (exact) mass is 445 g/mol. The van der Waals surface area contributed by atoms with E-state index in [0.717, 1.165) is 11.1 Å². The smallest absolute Gasteiger partial charge is 0.339 e. The normalized spacial score (nSPS) is 11.9. The van der Waals surface area contributed by atoms with Crippen LogP contribution in [0, 0.1) is 12.7 Å². The molecule has 0 saturated heterocycles. The van der Waals surface area contributed by atoms with Gasteiger partial charge in [-0.05, 0) is 61.9 Å². The van der Waals surface area contributed by atoms with Crippen molar-refractivity contribution in [1.29, 1.82) is 0 Å². The van der Waals surface area contributed by atoms with E-state index in [4.69, 9.17) is 9.72 Å². The number of nitrogens with zero attached hydrogens (tertiary/aromatic N) is 2. The van der Waals surface area contributed by atoms with Gasteiger partial charge in [-0.15, -0.1) is 0 Å². The lowest BCUT2D eigenvalue weighted by Crippen LogP contribution is -2.22. The fourth-order valence-corrected chi connectivity index (χ4v) is 3.95. The number of para-hydroxylation sites is 1. The topological polar surface area (TPSA) is 73.2 Å². The zero-order valence-corrected chi connectivity index (χ0v) is 18.8. The van der Waals surface area contributed by atoms with Crippen LogP contribution < -0.4 is 10.9 Å². The Hall–Kier alpha value is -4.00. The van der Waals surface area contributed by atoms with Crippen LogP contribution in [0.3, 0.4) is 0 Å². The highest BCUT2D eigenvalue weighted by Gasteiger charge is 2.19. The minimum absolute atomic E-state index is 0.188. The van der Waals surface area contributed by atoms with E-state index < -0.39 is 5.97 Å². The van der Waals surface area contributed by atoms with E-state index in [1.807, 2.05) is 32.0 Å². The number of ether oxygens (including phenoxy) is 1. The Balaban J connectivity index is 1.87. The lowest BCUT2D eigenvalue weighted by molar-refractivity contribution is 0.0602. The van der Waals surface area contributed by atoms with Crippen molar-refractivity contribution in [2.24, 2.45) is 7.05 Å². The summed E-state index contributed by atoms with van der Waals surface area (Å²) in [6, 6.07) is 16.5. The number of esters is 1. The van der Waals surface area contributed by atoms with Gasteiger partial charge in [0.25, 0.3) is 5.56 Å². The third kappa shape index (κ3) is 4.22. The number of rotatable bonds is 5. The number of hydrogen-bond donors (Lipinski definition) is 1. The number of anilines is 1. The number of fused-ring (bicyclic) bond motifs is 1. The molecule has 0 aliphatic heterocycles. The number of nitrogens with one attached hydrogen (secondary N) is 1. The summed E-state index contributed by atoms with van der Waals surface area (Å²) in [4.78, 5) is 30.2. The summed E-state index contributed by atoms with van der Waals surface area (Å²) in [5.41, 5.74) is 3.77. The highest BCUT2D eigenvalue weighted by Crippen LogP contribution is 2.29. The number of carbonyl (C=O) groups is 1. The number of benzene rings is 3. The van der Waals surface area contributed by atoms with E-state index in [0.29, 0.717) is 33.5 Å². The second-order valence-corrected chi connectivity index (χ2v) is 7.96. The molecule has 4 aromatic rings. The number of aryl methyl sites for hydroxylation is 1. The zero-order valence-electron chi connectivity index (χ0n) is 18.8. The Bertz CT molecular complexity index is 1410. The lowest BCUT2D eigenvalue weighted by Gasteiger charge is -2.20. The first kappa shape index (κ1) is 22.2. The molecule has 0 unspecified atom stereocenters. The van der Waals surface area contributed by atoms with Crippen LogP contribution in [-0.4, -0.2) is 22.6 Å². The van der Waals surface area contributed by atoms with Crippen molar-refractivity contribution in [1.82, 2.24) is 9.55 Å². The van der Waals surface area contributed by atoms with Crippen LogP contribution in [-0.2, 0) is 11.8 Å². The van der Waals surface area contributed by atoms with Crippen molar-refractivity contribution in [3.8, 4) is 11.4 Å². The number of halogens is 1. The first-order valence-electron chi connectivity index (χ1n) is 10.5. The average molecular weight is 445 g/mol. The molecule has 0 aliphatic rings. The van der Waals surface area contributed by atoms with Gasteiger partial charge in [-0.25, -0.2) is 14.2 Å². The highest BCUT2D eigenvalue weighted by molar-refractivity contribution is 5.95. The maximum Gasteiger partial charge on any atom is 0.339 e. The van der Waals surface area contributed by atoms with Crippen LogP contribution in [0.1, 0.15) is 34.5 Å². The van der Waals surface area contributed by atoms with Crippen molar-refractivity contribution >= 4 is 22.6 Å². The molecule has 1 atom stereocenters. The predicted octanol–water partition coefficient (Wildman–Crippen LogP) is 5.01. The molecular weight excluding hydrogens is 421 g/mol. The fraction of sp³-hybridized carbons (Fsp3) is 0.192. The molecule has 0 spiro atoms. The van der Waals surface area contributed by atoms with Gasteiger partial charge >= 0.3 is 5.97 Å². The van der Waals surface area contributed by atoms with Gasteiger partial charge in [0.2, 0.25) is 0 Å². The summed E-state index contributed by atoms with van der Waals surface area (Å²) in [7, 11) is 3.00. The molecule has 6 nitrogen and oxygen atoms in total. The second-order valence-electron chi connectivity index (χ2n) is 7.96. The summed E-state index contributed by atoms with van der Waals surface area (Å²) >= 11 is 0. The Labute approximate surface area is 190 Å². The van der Waals surface area contributed by atoms with E-state index in [9.17, 15) is 14.0 Å². The first-order chi connectivity index (χ1) is 15.8. The molecule has 1 N–H and O–H groups in total. The maximum absolute atomic E-state index is 13.4. The summed E-state index contributed by atoms with van der Waals surface area (Å²) in [5.74, 6) is -0.354. The molecule has 0 fully saturated rings. The lowest BCUT2D eigenvalue weighted by atomic mass is 10.00. The summed E-state index contributed by atoms with van der Waals surface area (Å²) in [5, 5.41) is 3.86. The van der Waals surface area contributed by atoms with Crippen LogP contribution >= 0.6 is 0 Å². The average Bonchev–Trinajstić information content (AvgIpc) is 2.81. The van der Waals surface area contributed by atoms with Gasteiger partial charge in [0.05, 0.1) is 29.6 Å². The second kappa shape index (κ2) is 8.86. The molecule has 0 saturated carbocycles. The van der Waals surface area contributed by atoms with Crippen molar-refractivity contribution in [3.05, 3.63) is 93.5 Å². The molecule has 3 aromatic carbocycles. The minimum atomic E-state index is -0.440. The molecule has 0 aliphatic carbocycles. The standard InChI is InChI=1S/C26H24FN3O3/c1-15-13-20(16(2)28-22-8-6-5-7-19(22)26(32)33-4)23-21(14-15)25(31)30(3)24(29-23)17-9-11-18(27)12-10-17/h5-14,16,28H,1-4H3/t16-/m1/s1. The molecular formula is C26H24FN3O3. The molecule has 33 heavy (non-hydrogen) atoms. The number of aromatic nitrogens is 2. The van der Waals surface area contributed by atoms with Crippen molar-refractivity contribution in [2.45, 2.75) is 19.9 Å². The van der Waals surface area contributed by atoms with Gasteiger partial charge < -0.3 is 10.1 Å². The van der Waals surface area contributed by atoms with Crippen LogP contribution in [0.15, 0.2) is 65.5 Å². The Morgan fingerprint density at radius 2 is 1.82 bits per heavy atom. The van der Waals surface area contributed by atoms with Crippen molar-refractivity contribution in [3.63, 3.8) is 0 Å². The van der Waals surface area contributed by atoms with Crippen molar-refractivity contribution in [2.75, 3.05) is 12.4 Å². The fourth-order valence-electron chi connectivity index (χ4n) is 3.95. The van der Waals surface area contributed by atoms with Gasteiger partial charge in [-0.1, -0.05) is 18.2 Å². The zero-order chi connectivity index (χ0) is 23.7. The summed E-state index contributed by atoms with van der Waals surface area (Å²) in [6.45, 7) is 3.87. The van der Waals surface area contributed by atoms with Gasteiger partial charge in [0.1, 0.15) is 11.6 Å². The highest BCUT2D eigenvalue weighted by atomic mass is 19.1. The molecule has 0 radical (unpaired) electrons. The first-order valence-corrected chi connectivity index (χ1v) is 10.5. The molecule has 7 heteroatoms. The Morgan fingerprint density at radius 1 is 1.12 bits per heavy atom. The van der Waals surface area contributed by atoms with Gasteiger partial charge in [0, 0.05) is 23.9 Å². The number of hydrogen-bond acceptors (Lipinski definition) is 5. The third-order valence-electron chi connectivity index (χ3n) is 5.63.